The van der Waals surface area contributed by atoms with Gasteiger partial charge in [-0.05, 0) is 30.7 Å². The Labute approximate surface area is 114 Å². The highest BCUT2D eigenvalue weighted by Gasteiger charge is 2.05. The Bertz CT molecular complexity index is 575. The number of benzene rings is 1. The summed E-state index contributed by atoms with van der Waals surface area (Å²) < 4.78 is 18.7. The molecule has 2 nitrogen and oxygen atoms in total. The van der Waals surface area contributed by atoms with Gasteiger partial charge in [0, 0.05) is 11.6 Å². The fourth-order valence-corrected chi connectivity index (χ4v) is 1.77. The monoisotopic (exact) mass is 285 g/mol. The zero-order valence-electron chi connectivity index (χ0n) is 9.58. The highest BCUT2D eigenvalue weighted by atomic mass is 35.5. The quantitative estimate of drug-likeness (QED) is 0.779. The first-order valence-corrected chi connectivity index (χ1v) is 6.02. The number of ether oxygens (including phenoxy) is 1. The van der Waals surface area contributed by atoms with Crippen LogP contribution < -0.4 is 4.74 Å². The van der Waals surface area contributed by atoms with Crippen LogP contribution in [0.25, 0.3) is 0 Å². The zero-order chi connectivity index (χ0) is 13.1. The predicted molar refractivity (Wildman–Crippen MR) is 69.7 cm³/mol. The second-order valence-electron chi connectivity index (χ2n) is 3.78. The number of pyridine rings is 1. The number of nitrogens with zero attached hydrogens (tertiary/aromatic N) is 1. The molecule has 0 radical (unpaired) electrons. The molecular formula is C13H10Cl2FNO. The molecule has 0 aliphatic heterocycles. The molecule has 94 valence electrons. The number of rotatable bonds is 3. The molecule has 0 unspecified atom stereocenters. The topological polar surface area (TPSA) is 22.1 Å². The van der Waals surface area contributed by atoms with Gasteiger partial charge in [0.2, 0.25) is 0 Å². The summed E-state index contributed by atoms with van der Waals surface area (Å²) in [6, 6.07) is 8.05. The molecule has 0 fully saturated rings. The Balaban J connectivity index is 2.09. The van der Waals surface area contributed by atoms with Crippen LogP contribution in [-0.2, 0) is 6.61 Å². The maximum atomic E-state index is 13.3. The first-order chi connectivity index (χ1) is 8.56. The van der Waals surface area contributed by atoms with E-state index in [1.165, 1.54) is 6.07 Å². The number of hydrogen-bond acceptors (Lipinski definition) is 2. The number of aryl methyl sites for hydroxylation is 1. The normalized spacial score (nSPS) is 10.4. The van der Waals surface area contributed by atoms with Gasteiger partial charge in [0.25, 0.3) is 0 Å². The highest BCUT2D eigenvalue weighted by molar-refractivity contribution is 6.32. The van der Waals surface area contributed by atoms with E-state index in [0.29, 0.717) is 22.0 Å². The second-order valence-corrected chi connectivity index (χ2v) is 4.53. The fraction of sp³-hybridized carbons (Fsp3) is 0.154. The first kappa shape index (κ1) is 13.1. The van der Waals surface area contributed by atoms with Crippen molar-refractivity contribution in [2.45, 2.75) is 13.5 Å². The number of aromatic nitrogens is 1. The van der Waals surface area contributed by atoms with E-state index in [9.17, 15) is 4.39 Å². The Kier molecular flexibility index (Phi) is 4.04. The Morgan fingerprint density at radius 2 is 2.00 bits per heavy atom. The van der Waals surface area contributed by atoms with E-state index in [1.54, 1.807) is 31.2 Å². The van der Waals surface area contributed by atoms with Crippen molar-refractivity contribution in [2.24, 2.45) is 0 Å². The van der Waals surface area contributed by atoms with Crippen LogP contribution in [0, 0.1) is 12.7 Å². The Morgan fingerprint density at radius 1 is 1.22 bits per heavy atom. The first-order valence-electron chi connectivity index (χ1n) is 5.26. The molecule has 0 saturated carbocycles. The van der Waals surface area contributed by atoms with Crippen molar-refractivity contribution in [3.8, 4) is 5.75 Å². The van der Waals surface area contributed by atoms with E-state index in [-0.39, 0.29) is 17.6 Å². The molecule has 1 aromatic heterocycles. The molecule has 0 N–H and O–H groups in total. The summed E-state index contributed by atoms with van der Waals surface area (Å²) in [5.74, 6) is 0.150. The lowest BCUT2D eigenvalue weighted by Gasteiger charge is -2.08. The maximum absolute atomic E-state index is 13.3. The zero-order valence-corrected chi connectivity index (χ0v) is 11.1. The summed E-state index contributed by atoms with van der Waals surface area (Å²) in [6.45, 7) is 1.91. The van der Waals surface area contributed by atoms with Crippen LogP contribution >= 0.6 is 23.2 Å². The molecule has 2 rings (SSSR count). The van der Waals surface area contributed by atoms with Gasteiger partial charge < -0.3 is 4.74 Å². The van der Waals surface area contributed by atoms with Gasteiger partial charge in [0.05, 0.1) is 0 Å². The van der Waals surface area contributed by atoms with Crippen LogP contribution in [0.1, 0.15) is 11.1 Å². The highest BCUT2D eigenvalue weighted by Crippen LogP contribution is 2.20. The van der Waals surface area contributed by atoms with Gasteiger partial charge >= 0.3 is 0 Å². The minimum Gasteiger partial charge on any atom is -0.489 e. The molecule has 5 heteroatoms. The third kappa shape index (κ3) is 3.12. The van der Waals surface area contributed by atoms with Gasteiger partial charge in [-0.3, -0.25) is 0 Å². The summed E-state index contributed by atoms with van der Waals surface area (Å²) in [4.78, 5) is 3.89. The van der Waals surface area contributed by atoms with Crippen molar-refractivity contribution >= 4 is 23.2 Å². The summed E-state index contributed by atoms with van der Waals surface area (Å²) in [7, 11) is 0. The van der Waals surface area contributed by atoms with Crippen LogP contribution in [-0.4, -0.2) is 4.98 Å². The Morgan fingerprint density at radius 3 is 2.67 bits per heavy atom. The lowest BCUT2D eigenvalue weighted by molar-refractivity contribution is 0.304. The SMILES string of the molecule is Cc1ccc(OCc2ccc(Cl)nc2Cl)cc1F. The predicted octanol–water partition coefficient (Wildman–Crippen LogP) is 4.41. The standard InChI is InChI=1S/C13H10Cl2FNO/c1-8-2-4-10(6-11(8)16)18-7-9-3-5-12(14)17-13(9)15/h2-6H,7H2,1H3. The van der Waals surface area contributed by atoms with Gasteiger partial charge in [0.15, 0.2) is 0 Å². The van der Waals surface area contributed by atoms with Crippen LogP contribution in [0.2, 0.25) is 10.3 Å². The van der Waals surface area contributed by atoms with Gasteiger partial charge in [0.1, 0.15) is 28.5 Å². The van der Waals surface area contributed by atoms with Crippen molar-refractivity contribution in [2.75, 3.05) is 0 Å². The number of hydrogen-bond donors (Lipinski definition) is 0. The van der Waals surface area contributed by atoms with Gasteiger partial charge in [-0.25, -0.2) is 9.37 Å². The molecule has 0 atom stereocenters. The largest absolute Gasteiger partial charge is 0.489 e. The molecule has 0 saturated heterocycles. The third-order valence-electron chi connectivity index (χ3n) is 2.43. The fourth-order valence-electron chi connectivity index (χ4n) is 1.37. The van der Waals surface area contributed by atoms with Crippen molar-refractivity contribution in [1.82, 2.24) is 4.98 Å². The molecule has 0 bridgehead atoms. The van der Waals surface area contributed by atoms with Crippen LogP contribution in [0.5, 0.6) is 5.75 Å². The van der Waals surface area contributed by atoms with E-state index in [0.717, 1.165) is 0 Å². The number of halogens is 3. The summed E-state index contributed by atoms with van der Waals surface area (Å²) in [5.41, 5.74) is 1.27. The van der Waals surface area contributed by atoms with Gasteiger partial charge in [-0.15, -0.1) is 0 Å². The van der Waals surface area contributed by atoms with Crippen molar-refractivity contribution in [3.05, 3.63) is 57.6 Å². The molecule has 0 aliphatic rings. The average molecular weight is 286 g/mol. The van der Waals surface area contributed by atoms with E-state index < -0.39 is 0 Å². The van der Waals surface area contributed by atoms with E-state index in [2.05, 4.69) is 4.98 Å². The average Bonchev–Trinajstić information content (AvgIpc) is 2.32. The lowest BCUT2D eigenvalue weighted by Crippen LogP contribution is -1.98. The van der Waals surface area contributed by atoms with Crippen LogP contribution in [0.4, 0.5) is 4.39 Å². The van der Waals surface area contributed by atoms with Crippen LogP contribution in [0.3, 0.4) is 0 Å². The second kappa shape index (κ2) is 5.55. The molecule has 0 aliphatic carbocycles. The van der Waals surface area contributed by atoms with Gasteiger partial charge in [-0.1, -0.05) is 29.3 Å². The van der Waals surface area contributed by atoms with Crippen LogP contribution in [0.15, 0.2) is 30.3 Å². The molecule has 1 aromatic carbocycles. The lowest BCUT2D eigenvalue weighted by atomic mass is 10.2. The van der Waals surface area contributed by atoms with Crippen molar-refractivity contribution in [1.29, 1.82) is 0 Å². The van der Waals surface area contributed by atoms with Crippen molar-refractivity contribution < 1.29 is 9.13 Å². The summed E-state index contributed by atoms with van der Waals surface area (Å²) >= 11 is 11.6. The Hall–Kier alpha value is -1.32. The molecule has 1 heterocycles. The molecular weight excluding hydrogens is 276 g/mol. The summed E-state index contributed by atoms with van der Waals surface area (Å²) in [6.07, 6.45) is 0. The van der Waals surface area contributed by atoms with E-state index >= 15 is 0 Å². The minimum atomic E-state index is -0.298. The smallest absolute Gasteiger partial charge is 0.137 e. The third-order valence-corrected chi connectivity index (χ3v) is 2.97. The molecule has 2 aromatic rings. The van der Waals surface area contributed by atoms with E-state index in [4.69, 9.17) is 27.9 Å². The maximum Gasteiger partial charge on any atom is 0.137 e. The minimum absolute atomic E-state index is 0.214. The molecule has 18 heavy (non-hydrogen) atoms. The van der Waals surface area contributed by atoms with E-state index in [1.807, 2.05) is 0 Å². The summed E-state index contributed by atoms with van der Waals surface area (Å²) in [5, 5.41) is 0.611. The van der Waals surface area contributed by atoms with Crippen molar-refractivity contribution in [3.63, 3.8) is 0 Å². The molecule has 0 amide bonds. The molecule has 0 spiro atoms. The van der Waals surface area contributed by atoms with Gasteiger partial charge in [-0.2, -0.15) is 0 Å².